The van der Waals surface area contributed by atoms with E-state index in [0.29, 0.717) is 12.1 Å². The Morgan fingerprint density at radius 1 is 1.26 bits per heavy atom. The molecular weight excluding hydrogens is 238 g/mol. The zero-order chi connectivity index (χ0) is 13.8. The smallest absolute Gasteiger partial charge is 0.257 e. The fraction of sp³-hybridized carbons (Fsp3) is 0.200. The third kappa shape index (κ3) is 2.91. The molecular formula is C15H17N3O. The van der Waals surface area contributed by atoms with Gasteiger partial charge in [0.25, 0.3) is 5.91 Å². The molecule has 2 N–H and O–H groups in total. The van der Waals surface area contributed by atoms with Crippen LogP contribution < -0.4 is 5.73 Å². The summed E-state index contributed by atoms with van der Waals surface area (Å²) in [6, 6.07) is 11.4. The summed E-state index contributed by atoms with van der Waals surface area (Å²) in [5.41, 5.74) is 8.46. The molecule has 1 aromatic heterocycles. The molecule has 1 amide bonds. The maximum atomic E-state index is 12.3. The predicted molar refractivity (Wildman–Crippen MR) is 75.6 cm³/mol. The Hall–Kier alpha value is -2.36. The Labute approximate surface area is 112 Å². The van der Waals surface area contributed by atoms with Crippen LogP contribution in [-0.4, -0.2) is 22.8 Å². The first-order chi connectivity index (χ1) is 9.09. The summed E-state index contributed by atoms with van der Waals surface area (Å²) in [5.74, 6) is 0.151. The number of hydrogen-bond acceptors (Lipinski definition) is 3. The third-order valence-electron chi connectivity index (χ3n) is 3.08. The third-order valence-corrected chi connectivity index (χ3v) is 3.08. The summed E-state index contributed by atoms with van der Waals surface area (Å²) < 4.78 is 0. The Balaban J connectivity index is 2.17. The minimum Gasteiger partial charge on any atom is -0.383 e. The zero-order valence-electron chi connectivity index (χ0n) is 11.1. The van der Waals surface area contributed by atoms with Crippen LogP contribution in [0.15, 0.2) is 42.6 Å². The second-order valence-electron chi connectivity index (χ2n) is 4.52. The second-order valence-corrected chi connectivity index (χ2v) is 4.52. The van der Waals surface area contributed by atoms with Crippen molar-refractivity contribution in [3.8, 4) is 0 Å². The summed E-state index contributed by atoms with van der Waals surface area (Å²) in [5, 5.41) is 0. The van der Waals surface area contributed by atoms with Crippen LogP contribution in [0.3, 0.4) is 0 Å². The number of hydrogen-bond donors (Lipinski definition) is 1. The van der Waals surface area contributed by atoms with Gasteiger partial charge in [0, 0.05) is 19.8 Å². The van der Waals surface area contributed by atoms with Crippen LogP contribution in [0.25, 0.3) is 0 Å². The summed E-state index contributed by atoms with van der Waals surface area (Å²) in [7, 11) is 1.77. The van der Waals surface area contributed by atoms with Crippen LogP contribution in [-0.2, 0) is 6.54 Å². The van der Waals surface area contributed by atoms with Crippen molar-refractivity contribution in [2.24, 2.45) is 0 Å². The van der Waals surface area contributed by atoms with Crippen LogP contribution in [0, 0.1) is 6.92 Å². The Morgan fingerprint density at radius 3 is 2.68 bits per heavy atom. The minimum absolute atomic E-state index is 0.117. The number of rotatable bonds is 3. The van der Waals surface area contributed by atoms with Crippen LogP contribution in [0.1, 0.15) is 21.5 Å². The largest absolute Gasteiger partial charge is 0.383 e. The summed E-state index contributed by atoms with van der Waals surface area (Å²) in [6.45, 7) is 2.59. The number of carbonyl (C=O) groups excluding carboxylic acids is 1. The van der Waals surface area contributed by atoms with E-state index in [1.807, 2.05) is 31.2 Å². The molecule has 2 rings (SSSR count). The Kier molecular flexibility index (Phi) is 3.80. The molecule has 4 heteroatoms. The van der Waals surface area contributed by atoms with Crippen LogP contribution in [0.5, 0.6) is 0 Å². The highest BCUT2D eigenvalue weighted by molar-refractivity contribution is 5.98. The first-order valence-corrected chi connectivity index (χ1v) is 6.10. The molecule has 0 fully saturated rings. The van der Waals surface area contributed by atoms with Gasteiger partial charge in [-0.05, 0) is 30.2 Å². The number of pyridine rings is 1. The maximum Gasteiger partial charge on any atom is 0.257 e. The number of nitrogen functional groups attached to an aromatic ring is 1. The van der Waals surface area contributed by atoms with Gasteiger partial charge in [-0.15, -0.1) is 0 Å². The normalized spacial score (nSPS) is 10.2. The Morgan fingerprint density at radius 2 is 2.00 bits per heavy atom. The van der Waals surface area contributed by atoms with Crippen molar-refractivity contribution in [3.63, 3.8) is 0 Å². The lowest BCUT2D eigenvalue weighted by Gasteiger charge is -2.19. The Bertz CT molecular complexity index is 595. The van der Waals surface area contributed by atoms with Crippen molar-refractivity contribution in [1.82, 2.24) is 9.88 Å². The number of nitrogens with two attached hydrogens (primary N) is 1. The van der Waals surface area contributed by atoms with Crippen LogP contribution >= 0.6 is 0 Å². The summed E-state index contributed by atoms with van der Waals surface area (Å²) in [4.78, 5) is 17.9. The second kappa shape index (κ2) is 5.52. The topological polar surface area (TPSA) is 59.2 Å². The van der Waals surface area contributed by atoms with Gasteiger partial charge in [0.05, 0.1) is 5.56 Å². The molecule has 0 aliphatic heterocycles. The molecule has 0 saturated carbocycles. The molecule has 0 aliphatic carbocycles. The molecule has 0 aliphatic rings. The summed E-state index contributed by atoms with van der Waals surface area (Å²) in [6.07, 6.45) is 1.58. The molecule has 0 atom stereocenters. The van der Waals surface area contributed by atoms with E-state index < -0.39 is 0 Å². The molecule has 19 heavy (non-hydrogen) atoms. The van der Waals surface area contributed by atoms with E-state index in [9.17, 15) is 4.79 Å². The number of nitrogens with zero attached hydrogens (tertiary/aromatic N) is 2. The zero-order valence-corrected chi connectivity index (χ0v) is 11.1. The van der Waals surface area contributed by atoms with Crippen molar-refractivity contribution in [1.29, 1.82) is 0 Å². The van der Waals surface area contributed by atoms with Gasteiger partial charge in [-0.3, -0.25) is 4.79 Å². The van der Waals surface area contributed by atoms with Crippen molar-refractivity contribution < 1.29 is 4.79 Å². The van der Waals surface area contributed by atoms with Gasteiger partial charge in [-0.1, -0.05) is 24.3 Å². The summed E-state index contributed by atoms with van der Waals surface area (Å²) >= 11 is 0. The first-order valence-electron chi connectivity index (χ1n) is 6.10. The molecule has 0 spiro atoms. The van der Waals surface area contributed by atoms with E-state index in [1.165, 1.54) is 5.56 Å². The van der Waals surface area contributed by atoms with Gasteiger partial charge >= 0.3 is 0 Å². The lowest BCUT2D eigenvalue weighted by atomic mass is 10.1. The van der Waals surface area contributed by atoms with Crippen molar-refractivity contribution >= 4 is 11.7 Å². The minimum atomic E-state index is -0.117. The van der Waals surface area contributed by atoms with Crippen LogP contribution in [0.4, 0.5) is 5.82 Å². The molecule has 0 saturated heterocycles. The van der Waals surface area contributed by atoms with Gasteiger partial charge in [-0.25, -0.2) is 4.98 Å². The molecule has 1 aromatic carbocycles. The van der Waals surface area contributed by atoms with Gasteiger partial charge in [-0.2, -0.15) is 0 Å². The molecule has 4 nitrogen and oxygen atoms in total. The average Bonchev–Trinajstić information content (AvgIpc) is 2.41. The SMILES string of the molecule is Cc1ccccc1CN(C)C(=O)c1cccnc1N. The monoisotopic (exact) mass is 255 g/mol. The average molecular weight is 255 g/mol. The van der Waals surface area contributed by atoms with Crippen molar-refractivity contribution in [3.05, 3.63) is 59.3 Å². The number of carbonyl (C=O) groups is 1. The van der Waals surface area contributed by atoms with E-state index >= 15 is 0 Å². The van der Waals surface area contributed by atoms with Crippen LogP contribution in [0.2, 0.25) is 0 Å². The molecule has 0 radical (unpaired) electrons. The predicted octanol–water partition coefficient (Wildman–Crippen LogP) is 2.24. The van der Waals surface area contributed by atoms with Crippen molar-refractivity contribution in [2.75, 3.05) is 12.8 Å². The first kappa shape index (κ1) is 13.1. The maximum absolute atomic E-state index is 12.3. The molecule has 2 aromatic rings. The molecule has 1 heterocycles. The number of anilines is 1. The van der Waals surface area contributed by atoms with Gasteiger partial charge in [0.2, 0.25) is 0 Å². The van der Waals surface area contributed by atoms with E-state index in [1.54, 1.807) is 30.3 Å². The van der Waals surface area contributed by atoms with Gasteiger partial charge in [0.15, 0.2) is 0 Å². The number of amides is 1. The fourth-order valence-corrected chi connectivity index (χ4v) is 1.92. The molecule has 0 bridgehead atoms. The lowest BCUT2D eigenvalue weighted by Crippen LogP contribution is -2.27. The lowest BCUT2D eigenvalue weighted by molar-refractivity contribution is 0.0785. The molecule has 98 valence electrons. The van der Waals surface area contributed by atoms with E-state index in [4.69, 9.17) is 5.73 Å². The van der Waals surface area contributed by atoms with Crippen molar-refractivity contribution in [2.45, 2.75) is 13.5 Å². The number of benzene rings is 1. The number of aryl methyl sites for hydroxylation is 1. The molecule has 0 unspecified atom stereocenters. The van der Waals surface area contributed by atoms with Gasteiger partial charge in [0.1, 0.15) is 5.82 Å². The highest BCUT2D eigenvalue weighted by atomic mass is 16.2. The highest BCUT2D eigenvalue weighted by Gasteiger charge is 2.15. The highest BCUT2D eigenvalue weighted by Crippen LogP contribution is 2.14. The van der Waals surface area contributed by atoms with Gasteiger partial charge < -0.3 is 10.6 Å². The van der Waals surface area contributed by atoms with E-state index in [0.717, 1.165) is 5.56 Å². The van der Waals surface area contributed by atoms with E-state index in [-0.39, 0.29) is 11.7 Å². The standard InChI is InChI=1S/C15H17N3O/c1-11-6-3-4-7-12(11)10-18(2)15(19)13-8-5-9-17-14(13)16/h3-9H,10H2,1-2H3,(H2,16,17). The van der Waals surface area contributed by atoms with E-state index in [2.05, 4.69) is 4.98 Å². The fourth-order valence-electron chi connectivity index (χ4n) is 1.92. The number of aromatic nitrogens is 1. The quantitative estimate of drug-likeness (QED) is 0.915.